The summed E-state index contributed by atoms with van der Waals surface area (Å²) in [4.78, 5) is 10.6. The highest BCUT2D eigenvalue weighted by molar-refractivity contribution is 5.81. The maximum atomic E-state index is 10.6. The van der Waals surface area contributed by atoms with Crippen LogP contribution in [-0.4, -0.2) is 32.6 Å². The molecule has 1 unspecified atom stereocenters. The molecule has 0 amide bonds. The molecule has 0 aliphatic rings. The molecule has 0 aliphatic carbocycles. The molecule has 0 spiro atoms. The molecule has 0 saturated carbocycles. The average molecular weight is 131 g/mol. The van der Waals surface area contributed by atoms with Gasteiger partial charge in [-0.1, -0.05) is 0 Å². The lowest BCUT2D eigenvalue weighted by Gasteiger charge is -2.09. The van der Waals surface area contributed by atoms with Crippen LogP contribution in [-0.2, 0) is 9.53 Å². The summed E-state index contributed by atoms with van der Waals surface area (Å²) < 4.78 is 4.77. The van der Waals surface area contributed by atoms with Crippen LogP contribution in [0, 0.1) is 0 Å². The van der Waals surface area contributed by atoms with Crippen molar-refractivity contribution < 1.29 is 9.53 Å². The van der Waals surface area contributed by atoms with Gasteiger partial charge in [-0.2, -0.15) is 0 Å². The smallest absolute Gasteiger partial charge is 0.149 e. The first-order valence-corrected chi connectivity index (χ1v) is 2.89. The molecule has 0 radical (unpaired) electrons. The van der Waals surface area contributed by atoms with Crippen molar-refractivity contribution in [2.45, 2.75) is 13.0 Å². The first kappa shape index (κ1) is 8.59. The minimum Gasteiger partial charge on any atom is -0.383 e. The highest BCUT2D eigenvalue weighted by atomic mass is 16.5. The zero-order valence-electron chi connectivity index (χ0n) is 6.10. The molecule has 0 saturated heterocycles. The second-order valence-corrected chi connectivity index (χ2v) is 1.91. The van der Waals surface area contributed by atoms with Crippen LogP contribution in [0.5, 0.6) is 0 Å². The third kappa shape index (κ3) is 3.21. The Kier molecular flexibility index (Phi) is 4.26. The SMILES string of the molecule is CNC(COC)C(C)=O. The Morgan fingerprint density at radius 2 is 2.33 bits per heavy atom. The van der Waals surface area contributed by atoms with Crippen molar-refractivity contribution in [3.63, 3.8) is 0 Å². The van der Waals surface area contributed by atoms with Crippen molar-refractivity contribution >= 4 is 5.78 Å². The summed E-state index contributed by atoms with van der Waals surface area (Å²) in [6, 6.07) is -0.144. The van der Waals surface area contributed by atoms with Crippen LogP contribution in [0.25, 0.3) is 0 Å². The van der Waals surface area contributed by atoms with Gasteiger partial charge in [0.1, 0.15) is 5.78 Å². The first-order chi connectivity index (χ1) is 4.22. The van der Waals surface area contributed by atoms with E-state index in [9.17, 15) is 4.79 Å². The van der Waals surface area contributed by atoms with E-state index in [1.807, 2.05) is 0 Å². The predicted octanol–water partition coefficient (Wildman–Crippen LogP) is -0.190. The average Bonchev–Trinajstić information content (AvgIpc) is 1.82. The van der Waals surface area contributed by atoms with E-state index < -0.39 is 0 Å². The largest absolute Gasteiger partial charge is 0.383 e. The maximum absolute atomic E-state index is 10.6. The predicted molar refractivity (Wildman–Crippen MR) is 35.4 cm³/mol. The Bertz CT molecular complexity index is 93.1. The zero-order valence-corrected chi connectivity index (χ0v) is 6.10. The Hall–Kier alpha value is -0.410. The lowest BCUT2D eigenvalue weighted by Crippen LogP contribution is -2.36. The Labute approximate surface area is 55.4 Å². The van der Waals surface area contributed by atoms with Gasteiger partial charge in [-0.25, -0.2) is 0 Å². The molecule has 0 rings (SSSR count). The van der Waals surface area contributed by atoms with Crippen LogP contribution in [0.1, 0.15) is 6.92 Å². The number of likely N-dealkylation sites (N-methyl/N-ethyl adjacent to an activating group) is 1. The molecule has 0 aromatic rings. The molecule has 0 aromatic heterocycles. The van der Waals surface area contributed by atoms with Crippen LogP contribution in [0.15, 0.2) is 0 Å². The molecule has 0 aromatic carbocycles. The molecule has 3 nitrogen and oxygen atoms in total. The van der Waals surface area contributed by atoms with Gasteiger partial charge in [0.05, 0.1) is 12.6 Å². The van der Waals surface area contributed by atoms with Crippen molar-refractivity contribution in [3.8, 4) is 0 Å². The quantitative estimate of drug-likeness (QED) is 0.574. The number of hydrogen-bond donors (Lipinski definition) is 1. The van der Waals surface area contributed by atoms with Gasteiger partial charge in [-0.05, 0) is 14.0 Å². The number of methoxy groups -OCH3 is 1. The monoisotopic (exact) mass is 131 g/mol. The van der Waals surface area contributed by atoms with Gasteiger partial charge in [-0.3, -0.25) is 4.79 Å². The fourth-order valence-electron chi connectivity index (χ4n) is 0.571. The lowest BCUT2D eigenvalue weighted by molar-refractivity contribution is -0.120. The summed E-state index contributed by atoms with van der Waals surface area (Å²) >= 11 is 0. The number of ether oxygens (including phenoxy) is 1. The van der Waals surface area contributed by atoms with Crippen molar-refractivity contribution in [1.29, 1.82) is 0 Å². The van der Waals surface area contributed by atoms with E-state index in [2.05, 4.69) is 5.32 Å². The van der Waals surface area contributed by atoms with Crippen molar-refractivity contribution in [2.24, 2.45) is 0 Å². The molecule has 0 aliphatic heterocycles. The molecule has 3 heteroatoms. The van der Waals surface area contributed by atoms with Crippen molar-refractivity contribution in [2.75, 3.05) is 20.8 Å². The number of hydrogen-bond acceptors (Lipinski definition) is 3. The van der Waals surface area contributed by atoms with E-state index in [0.717, 1.165) is 0 Å². The number of Topliss-reactive ketones (excluding diaryl/α,β-unsaturated/α-hetero) is 1. The van der Waals surface area contributed by atoms with Crippen LogP contribution < -0.4 is 5.32 Å². The summed E-state index contributed by atoms with van der Waals surface area (Å²) in [6.45, 7) is 1.99. The van der Waals surface area contributed by atoms with Crippen molar-refractivity contribution in [1.82, 2.24) is 5.32 Å². The number of nitrogens with one attached hydrogen (secondary N) is 1. The van der Waals surface area contributed by atoms with E-state index in [1.54, 1.807) is 21.1 Å². The minimum absolute atomic E-state index is 0.111. The molecule has 0 fully saturated rings. The molecule has 0 bridgehead atoms. The van der Waals surface area contributed by atoms with Crippen LogP contribution in [0.2, 0.25) is 0 Å². The first-order valence-electron chi connectivity index (χ1n) is 2.89. The fraction of sp³-hybridized carbons (Fsp3) is 0.833. The van der Waals surface area contributed by atoms with E-state index in [4.69, 9.17) is 4.74 Å². The van der Waals surface area contributed by atoms with Gasteiger partial charge in [-0.15, -0.1) is 0 Å². The summed E-state index contributed by atoms with van der Waals surface area (Å²) in [5.41, 5.74) is 0. The van der Waals surface area contributed by atoms with Gasteiger partial charge in [0.25, 0.3) is 0 Å². The summed E-state index contributed by atoms with van der Waals surface area (Å²) in [5, 5.41) is 2.83. The van der Waals surface area contributed by atoms with Gasteiger partial charge in [0.15, 0.2) is 0 Å². The molecule has 54 valence electrons. The molecule has 9 heavy (non-hydrogen) atoms. The van der Waals surface area contributed by atoms with Crippen molar-refractivity contribution in [3.05, 3.63) is 0 Å². The zero-order chi connectivity index (χ0) is 7.28. The Morgan fingerprint density at radius 1 is 1.78 bits per heavy atom. The van der Waals surface area contributed by atoms with Crippen LogP contribution in [0.4, 0.5) is 0 Å². The number of carbonyl (C=O) groups is 1. The number of rotatable bonds is 4. The van der Waals surface area contributed by atoms with Crippen LogP contribution in [0.3, 0.4) is 0 Å². The standard InChI is InChI=1S/C6H13NO2/c1-5(8)6(7-2)4-9-3/h6-7H,4H2,1-3H3. The summed E-state index contributed by atoms with van der Waals surface area (Å²) in [7, 11) is 3.32. The van der Waals surface area contributed by atoms with E-state index in [-0.39, 0.29) is 11.8 Å². The molecule has 1 atom stereocenters. The van der Waals surface area contributed by atoms with E-state index >= 15 is 0 Å². The van der Waals surface area contributed by atoms with E-state index in [0.29, 0.717) is 6.61 Å². The second kappa shape index (κ2) is 4.47. The summed E-state index contributed by atoms with van der Waals surface area (Å²) in [6.07, 6.45) is 0. The Morgan fingerprint density at radius 3 is 2.44 bits per heavy atom. The van der Waals surface area contributed by atoms with Gasteiger partial charge < -0.3 is 10.1 Å². The van der Waals surface area contributed by atoms with Gasteiger partial charge >= 0.3 is 0 Å². The maximum Gasteiger partial charge on any atom is 0.149 e. The fourth-order valence-corrected chi connectivity index (χ4v) is 0.571. The van der Waals surface area contributed by atoms with E-state index in [1.165, 1.54) is 0 Å². The molecule has 0 heterocycles. The highest BCUT2D eigenvalue weighted by Crippen LogP contribution is 1.83. The molecule has 1 N–H and O–H groups in total. The third-order valence-electron chi connectivity index (χ3n) is 1.17. The number of ketones is 1. The van der Waals surface area contributed by atoms with Crippen LogP contribution >= 0.6 is 0 Å². The second-order valence-electron chi connectivity index (χ2n) is 1.91. The van der Waals surface area contributed by atoms with Gasteiger partial charge in [0.2, 0.25) is 0 Å². The Balaban J connectivity index is 3.54. The molecular weight excluding hydrogens is 118 g/mol. The lowest BCUT2D eigenvalue weighted by atomic mass is 10.2. The summed E-state index contributed by atoms with van der Waals surface area (Å²) in [5.74, 6) is 0.111. The minimum atomic E-state index is -0.144. The highest BCUT2D eigenvalue weighted by Gasteiger charge is 2.08. The normalized spacial score (nSPS) is 13.2. The number of carbonyl (C=O) groups excluding carboxylic acids is 1. The topological polar surface area (TPSA) is 38.3 Å². The third-order valence-corrected chi connectivity index (χ3v) is 1.17. The molecular formula is C6H13NO2. The van der Waals surface area contributed by atoms with Gasteiger partial charge in [0, 0.05) is 7.11 Å².